The van der Waals surface area contributed by atoms with Crippen LogP contribution in [0.4, 0.5) is 13.2 Å². The van der Waals surface area contributed by atoms with Crippen molar-refractivity contribution in [2.24, 2.45) is 0 Å². The Hall–Kier alpha value is -0.930. The summed E-state index contributed by atoms with van der Waals surface area (Å²) in [6.45, 7) is 4.58. The number of hydrogen-bond donors (Lipinski definition) is 0. The van der Waals surface area contributed by atoms with E-state index >= 15 is 0 Å². The van der Waals surface area contributed by atoms with E-state index in [0.29, 0.717) is 6.07 Å². The van der Waals surface area contributed by atoms with E-state index in [1.165, 1.54) is 26.8 Å². The number of halogens is 3. The Labute approximate surface area is 144 Å². The SMILES string of the molecule is CCc1cccc(C(F)(F)F)c1S(=O)(=O)OCP(=O)(OC)OC(C)C. The lowest BCUT2D eigenvalue weighted by molar-refractivity contribution is -0.140. The van der Waals surface area contributed by atoms with Crippen molar-refractivity contribution in [3.8, 4) is 0 Å². The first kappa shape index (κ1) is 22.1. The first-order valence-corrected chi connectivity index (χ1v) is 10.4. The van der Waals surface area contributed by atoms with Gasteiger partial charge in [0.05, 0.1) is 11.7 Å². The van der Waals surface area contributed by atoms with Crippen LogP contribution >= 0.6 is 7.60 Å². The van der Waals surface area contributed by atoms with Crippen LogP contribution in [0.1, 0.15) is 31.9 Å². The third-order valence-electron chi connectivity index (χ3n) is 3.05. The van der Waals surface area contributed by atoms with Crippen LogP contribution in [0.5, 0.6) is 0 Å². The molecule has 0 aliphatic rings. The van der Waals surface area contributed by atoms with Crippen molar-refractivity contribution < 1.29 is 39.4 Å². The van der Waals surface area contributed by atoms with Crippen LogP contribution in [0.2, 0.25) is 0 Å². The number of rotatable bonds is 8. The molecular weight excluding hydrogens is 384 g/mol. The second-order valence-electron chi connectivity index (χ2n) is 5.29. The molecular formula is C14H20F3O6PS. The maximum Gasteiger partial charge on any atom is 0.417 e. The van der Waals surface area contributed by atoms with Gasteiger partial charge < -0.3 is 9.05 Å². The highest BCUT2D eigenvalue weighted by molar-refractivity contribution is 7.87. The summed E-state index contributed by atoms with van der Waals surface area (Å²) in [6, 6.07) is 3.02. The molecule has 1 aromatic rings. The Morgan fingerprint density at radius 1 is 1.24 bits per heavy atom. The number of benzene rings is 1. The smallest absolute Gasteiger partial charge is 0.310 e. The summed E-state index contributed by atoms with van der Waals surface area (Å²) in [5.41, 5.74) is -1.41. The largest absolute Gasteiger partial charge is 0.417 e. The molecule has 0 saturated heterocycles. The van der Waals surface area contributed by atoms with Gasteiger partial charge >= 0.3 is 13.8 Å². The van der Waals surface area contributed by atoms with Crippen molar-refractivity contribution in [2.75, 3.05) is 13.5 Å². The van der Waals surface area contributed by atoms with Crippen LogP contribution in [0.15, 0.2) is 23.1 Å². The fourth-order valence-corrected chi connectivity index (χ4v) is 5.09. The molecule has 0 N–H and O–H groups in total. The second kappa shape index (κ2) is 8.18. The first-order chi connectivity index (χ1) is 11.4. The molecule has 0 bridgehead atoms. The molecule has 25 heavy (non-hydrogen) atoms. The molecule has 11 heteroatoms. The van der Waals surface area contributed by atoms with E-state index in [9.17, 15) is 26.2 Å². The normalized spacial score (nSPS) is 15.4. The average Bonchev–Trinajstić information content (AvgIpc) is 2.51. The van der Waals surface area contributed by atoms with Crippen LogP contribution in [-0.4, -0.2) is 28.0 Å². The lowest BCUT2D eigenvalue weighted by atomic mass is 10.1. The van der Waals surface area contributed by atoms with Crippen molar-refractivity contribution in [3.05, 3.63) is 29.3 Å². The predicted molar refractivity (Wildman–Crippen MR) is 84.8 cm³/mol. The molecule has 1 atom stereocenters. The predicted octanol–water partition coefficient (Wildman–Crippen LogP) is 4.20. The third-order valence-corrected chi connectivity index (χ3v) is 6.38. The fourth-order valence-electron chi connectivity index (χ4n) is 2.02. The highest BCUT2D eigenvalue weighted by atomic mass is 32.2. The molecule has 144 valence electrons. The Balaban J connectivity index is 3.29. The molecule has 0 saturated carbocycles. The molecule has 0 aliphatic carbocycles. The molecule has 0 fully saturated rings. The van der Waals surface area contributed by atoms with Gasteiger partial charge in [0, 0.05) is 7.11 Å². The van der Waals surface area contributed by atoms with Crippen molar-refractivity contribution in [1.29, 1.82) is 0 Å². The van der Waals surface area contributed by atoms with Gasteiger partial charge in [0.25, 0.3) is 10.1 Å². The zero-order chi connectivity index (χ0) is 19.5. The van der Waals surface area contributed by atoms with E-state index in [2.05, 4.69) is 8.71 Å². The van der Waals surface area contributed by atoms with Gasteiger partial charge in [0.2, 0.25) is 0 Å². The molecule has 0 spiro atoms. The summed E-state index contributed by atoms with van der Waals surface area (Å²) in [5, 5.41) is 0. The summed E-state index contributed by atoms with van der Waals surface area (Å²) in [5.74, 6) is 0. The van der Waals surface area contributed by atoms with E-state index in [-0.39, 0.29) is 12.0 Å². The van der Waals surface area contributed by atoms with Crippen molar-refractivity contribution in [2.45, 2.75) is 44.4 Å². The van der Waals surface area contributed by atoms with E-state index in [1.807, 2.05) is 0 Å². The van der Waals surface area contributed by atoms with Crippen molar-refractivity contribution >= 4 is 17.7 Å². The van der Waals surface area contributed by atoms with E-state index in [1.54, 1.807) is 0 Å². The summed E-state index contributed by atoms with van der Waals surface area (Å²) >= 11 is 0. The van der Waals surface area contributed by atoms with Gasteiger partial charge in [-0.1, -0.05) is 19.1 Å². The Kier molecular flexibility index (Phi) is 7.23. The van der Waals surface area contributed by atoms with Crippen LogP contribution in [0.3, 0.4) is 0 Å². The minimum atomic E-state index is -4.89. The number of aryl methyl sites for hydroxylation is 1. The lowest BCUT2D eigenvalue weighted by Crippen LogP contribution is -2.18. The summed E-state index contributed by atoms with van der Waals surface area (Å²) in [6.07, 6.45) is -6.45. The van der Waals surface area contributed by atoms with Crippen LogP contribution < -0.4 is 0 Å². The number of hydrogen-bond acceptors (Lipinski definition) is 6. The standard InChI is InChI=1S/C14H20F3O6PS/c1-5-11-7-6-8-12(14(15,16)17)13(11)25(19,20)22-9-24(18,21-4)23-10(2)3/h6-8,10H,5,9H2,1-4H3. The molecule has 1 aromatic carbocycles. The molecule has 0 radical (unpaired) electrons. The van der Waals surface area contributed by atoms with Crippen molar-refractivity contribution in [1.82, 2.24) is 0 Å². The zero-order valence-electron chi connectivity index (χ0n) is 14.2. The zero-order valence-corrected chi connectivity index (χ0v) is 15.9. The van der Waals surface area contributed by atoms with Crippen molar-refractivity contribution in [3.63, 3.8) is 0 Å². The maximum atomic E-state index is 13.2. The summed E-state index contributed by atoms with van der Waals surface area (Å²) in [4.78, 5) is -0.989. The second-order valence-corrected chi connectivity index (χ2v) is 8.90. The van der Waals surface area contributed by atoms with E-state index < -0.39 is 46.8 Å². The summed E-state index contributed by atoms with van der Waals surface area (Å²) < 4.78 is 90.8. The molecule has 1 rings (SSSR count). The minimum absolute atomic E-state index is 0.0340. The van der Waals surface area contributed by atoms with Gasteiger partial charge in [-0.05, 0) is 31.9 Å². The Morgan fingerprint density at radius 2 is 1.84 bits per heavy atom. The van der Waals surface area contributed by atoms with Crippen LogP contribution in [0, 0.1) is 0 Å². The van der Waals surface area contributed by atoms with Gasteiger partial charge in [-0.2, -0.15) is 21.6 Å². The fraction of sp³-hybridized carbons (Fsp3) is 0.571. The van der Waals surface area contributed by atoms with E-state index in [0.717, 1.165) is 13.2 Å². The average molecular weight is 404 g/mol. The van der Waals surface area contributed by atoms with Gasteiger partial charge in [-0.15, -0.1) is 0 Å². The maximum absolute atomic E-state index is 13.2. The molecule has 0 aromatic heterocycles. The minimum Gasteiger partial charge on any atom is -0.310 e. The van der Waals surface area contributed by atoms with Gasteiger partial charge in [-0.25, -0.2) is 0 Å². The van der Waals surface area contributed by atoms with Gasteiger partial charge in [0.1, 0.15) is 4.90 Å². The monoisotopic (exact) mass is 404 g/mol. The first-order valence-electron chi connectivity index (χ1n) is 7.28. The van der Waals surface area contributed by atoms with Gasteiger partial charge in [0.15, 0.2) is 6.35 Å². The Bertz CT molecular complexity index is 745. The highest BCUT2D eigenvalue weighted by Crippen LogP contribution is 2.49. The van der Waals surface area contributed by atoms with E-state index in [4.69, 9.17) is 4.52 Å². The topological polar surface area (TPSA) is 78.9 Å². The molecule has 0 heterocycles. The summed E-state index contributed by atoms with van der Waals surface area (Å²) in [7, 11) is -7.76. The van der Waals surface area contributed by atoms with Crippen LogP contribution in [-0.2, 0) is 40.5 Å². The third kappa shape index (κ3) is 5.79. The molecule has 1 unspecified atom stereocenters. The number of alkyl halides is 3. The molecule has 6 nitrogen and oxygen atoms in total. The lowest BCUT2D eigenvalue weighted by Gasteiger charge is -2.20. The van der Waals surface area contributed by atoms with Gasteiger partial charge in [-0.3, -0.25) is 8.75 Å². The Morgan fingerprint density at radius 3 is 2.28 bits per heavy atom. The highest BCUT2D eigenvalue weighted by Gasteiger charge is 2.40. The van der Waals surface area contributed by atoms with Crippen LogP contribution in [0.25, 0.3) is 0 Å². The molecule has 0 aliphatic heterocycles. The molecule has 0 amide bonds. The quantitative estimate of drug-likeness (QED) is 0.477.